The van der Waals surface area contributed by atoms with Gasteiger partial charge in [0, 0.05) is 0 Å². The molecule has 12 heavy (non-hydrogen) atoms. The van der Waals surface area contributed by atoms with Crippen LogP contribution in [0.5, 0.6) is 0 Å². The number of halogens is 2. The summed E-state index contributed by atoms with van der Waals surface area (Å²) in [5.74, 6) is 1.41. The van der Waals surface area contributed by atoms with Crippen LogP contribution in [0.2, 0.25) is 8.87 Å². The fraction of sp³-hybridized carbons (Fsp3) is 1.00. The van der Waals surface area contributed by atoms with Gasteiger partial charge in [-0.1, -0.05) is 0 Å². The average Bonchev–Trinajstić information content (AvgIpc) is 2.06. The van der Waals surface area contributed by atoms with Crippen LogP contribution in [0.4, 0.5) is 0 Å². The Balaban J connectivity index is 3.10. The molecule has 1 nitrogen and oxygen atoms in total. The average molecular weight is 318 g/mol. The first kappa shape index (κ1) is 13.2. The third kappa shape index (κ3) is 9.27. The standard InChI is InChI=1S/2C4H8Cl.O.Sn/c2*1-2-3-4-5;;/h2*1-4H2;;. The van der Waals surface area contributed by atoms with E-state index >= 15 is 0 Å². The van der Waals surface area contributed by atoms with Crippen molar-refractivity contribution < 1.29 is 3.08 Å². The van der Waals surface area contributed by atoms with Gasteiger partial charge in [-0.05, 0) is 0 Å². The maximum atomic E-state index is 11.4. The van der Waals surface area contributed by atoms with E-state index in [1.54, 1.807) is 0 Å². The van der Waals surface area contributed by atoms with E-state index in [0.717, 1.165) is 34.6 Å². The molecule has 0 N–H and O–H groups in total. The Morgan fingerprint density at radius 3 is 1.58 bits per heavy atom. The van der Waals surface area contributed by atoms with Crippen LogP contribution in [-0.2, 0) is 3.08 Å². The second kappa shape index (κ2) is 10.3. The summed E-state index contributed by atoms with van der Waals surface area (Å²) >= 11 is 8.88. The molecule has 0 fully saturated rings. The molecule has 0 aliphatic carbocycles. The first-order chi connectivity index (χ1) is 5.81. The molecule has 0 saturated heterocycles. The van der Waals surface area contributed by atoms with Gasteiger partial charge < -0.3 is 0 Å². The zero-order valence-corrected chi connectivity index (χ0v) is 11.7. The summed E-state index contributed by atoms with van der Waals surface area (Å²) in [7, 11) is 0. The summed E-state index contributed by atoms with van der Waals surface area (Å²) in [5, 5.41) is 0. The van der Waals surface area contributed by atoms with Crippen molar-refractivity contribution in [2.45, 2.75) is 34.6 Å². The Morgan fingerprint density at radius 2 is 1.25 bits per heavy atom. The predicted octanol–water partition coefficient (Wildman–Crippen LogP) is 3.45. The number of unbranched alkanes of at least 4 members (excludes halogenated alkanes) is 2. The third-order valence-electron chi connectivity index (χ3n) is 1.68. The van der Waals surface area contributed by atoms with Crippen molar-refractivity contribution >= 4 is 42.9 Å². The Morgan fingerprint density at radius 1 is 0.833 bits per heavy atom. The normalized spacial score (nSPS) is 10.2. The van der Waals surface area contributed by atoms with Gasteiger partial charge in [0.1, 0.15) is 0 Å². The Kier molecular flexibility index (Phi) is 11.3. The van der Waals surface area contributed by atoms with E-state index in [1.165, 1.54) is 0 Å². The van der Waals surface area contributed by atoms with Gasteiger partial charge >= 0.3 is 92.3 Å². The van der Waals surface area contributed by atoms with Gasteiger partial charge in [-0.15, -0.1) is 0 Å². The van der Waals surface area contributed by atoms with Crippen LogP contribution in [0, 0.1) is 0 Å². The molecule has 0 heterocycles. The van der Waals surface area contributed by atoms with E-state index in [9.17, 15) is 3.08 Å². The fourth-order valence-electron chi connectivity index (χ4n) is 0.958. The second-order valence-electron chi connectivity index (χ2n) is 2.83. The summed E-state index contributed by atoms with van der Waals surface area (Å²) in [4.78, 5) is 0. The van der Waals surface area contributed by atoms with Gasteiger partial charge in [0.05, 0.1) is 0 Å². The van der Waals surface area contributed by atoms with E-state index in [4.69, 9.17) is 23.2 Å². The summed E-state index contributed by atoms with van der Waals surface area (Å²) in [6.45, 7) is 0. The minimum absolute atomic E-state index is 0.706. The van der Waals surface area contributed by atoms with Crippen molar-refractivity contribution in [3.8, 4) is 0 Å². The summed E-state index contributed by atoms with van der Waals surface area (Å²) in [6.07, 6.45) is 4.15. The molecule has 0 aromatic heterocycles. The Labute approximate surface area is 91.9 Å². The van der Waals surface area contributed by atoms with Gasteiger partial charge in [0.2, 0.25) is 0 Å². The number of hydrogen-bond donors (Lipinski definition) is 0. The number of hydrogen-bond acceptors (Lipinski definition) is 1. The topological polar surface area (TPSA) is 17.1 Å². The van der Waals surface area contributed by atoms with E-state index in [1.807, 2.05) is 0 Å². The quantitative estimate of drug-likeness (QED) is 0.381. The molecule has 72 valence electrons. The SMILES string of the molecule is [O]=[Sn]([CH2]CCCCl)[CH2]CCCCl. The molecule has 0 aromatic rings. The summed E-state index contributed by atoms with van der Waals surface area (Å²) < 4.78 is 13.3. The van der Waals surface area contributed by atoms with Gasteiger partial charge in [0.15, 0.2) is 0 Å². The second-order valence-corrected chi connectivity index (χ2v) is 9.52. The molecule has 0 saturated carbocycles. The third-order valence-corrected chi connectivity index (χ3v) is 7.41. The van der Waals surface area contributed by atoms with E-state index in [-0.39, 0.29) is 0 Å². The van der Waals surface area contributed by atoms with Crippen LogP contribution < -0.4 is 0 Å². The number of alkyl halides is 2. The summed E-state index contributed by atoms with van der Waals surface area (Å²) in [6, 6.07) is 0. The molecule has 0 aromatic carbocycles. The molecule has 0 atom stereocenters. The van der Waals surface area contributed by atoms with Crippen LogP contribution in [0.25, 0.3) is 0 Å². The van der Waals surface area contributed by atoms with Crippen molar-refractivity contribution in [1.82, 2.24) is 0 Å². The molecule has 0 unspecified atom stereocenters. The van der Waals surface area contributed by atoms with E-state index in [0.29, 0.717) is 11.8 Å². The van der Waals surface area contributed by atoms with Crippen molar-refractivity contribution in [3.05, 3.63) is 0 Å². The molecule has 0 aliphatic heterocycles. The molecular formula is C8H16Cl2OSn. The zero-order valence-electron chi connectivity index (χ0n) is 7.32. The maximum absolute atomic E-state index is 11.4. The monoisotopic (exact) mass is 318 g/mol. The van der Waals surface area contributed by atoms with Crippen LogP contribution in [0.1, 0.15) is 25.7 Å². The predicted molar refractivity (Wildman–Crippen MR) is 56.0 cm³/mol. The van der Waals surface area contributed by atoms with Gasteiger partial charge in [-0.25, -0.2) is 0 Å². The van der Waals surface area contributed by atoms with Crippen LogP contribution >= 0.6 is 23.2 Å². The van der Waals surface area contributed by atoms with Crippen LogP contribution in [-0.4, -0.2) is 31.5 Å². The van der Waals surface area contributed by atoms with Crippen molar-refractivity contribution in [3.63, 3.8) is 0 Å². The van der Waals surface area contributed by atoms with Crippen molar-refractivity contribution in [1.29, 1.82) is 0 Å². The van der Waals surface area contributed by atoms with E-state index < -0.39 is 19.7 Å². The first-order valence-electron chi connectivity index (χ1n) is 4.45. The molecule has 0 aliphatic rings. The Bertz CT molecular complexity index is 108. The van der Waals surface area contributed by atoms with Crippen LogP contribution in [0.15, 0.2) is 0 Å². The molecule has 0 spiro atoms. The molecule has 0 bridgehead atoms. The van der Waals surface area contributed by atoms with E-state index in [2.05, 4.69) is 0 Å². The molecule has 0 amide bonds. The van der Waals surface area contributed by atoms with Crippen LogP contribution in [0.3, 0.4) is 0 Å². The summed E-state index contributed by atoms with van der Waals surface area (Å²) in [5.41, 5.74) is 0. The van der Waals surface area contributed by atoms with Crippen molar-refractivity contribution in [2.75, 3.05) is 11.8 Å². The van der Waals surface area contributed by atoms with Gasteiger partial charge in [-0.2, -0.15) is 0 Å². The van der Waals surface area contributed by atoms with Gasteiger partial charge in [-0.3, -0.25) is 0 Å². The Hall–Kier alpha value is 1.18. The van der Waals surface area contributed by atoms with Crippen molar-refractivity contribution in [2.24, 2.45) is 0 Å². The molecule has 0 radical (unpaired) electrons. The first-order valence-corrected chi connectivity index (χ1v) is 10.7. The number of rotatable bonds is 8. The molecule has 4 heteroatoms. The fourth-order valence-corrected chi connectivity index (χ4v) is 5.73. The minimum atomic E-state index is -2.15. The zero-order chi connectivity index (χ0) is 9.23. The van der Waals surface area contributed by atoms with Gasteiger partial charge in [0.25, 0.3) is 0 Å². The molecular weight excluding hydrogens is 302 g/mol. The molecule has 0 rings (SSSR count).